The van der Waals surface area contributed by atoms with Crippen LogP contribution in [0.2, 0.25) is 0 Å². The molecule has 3 heteroatoms. The number of halogens is 1. The highest BCUT2D eigenvalue weighted by Gasteiger charge is 2.32. The zero-order valence-electron chi connectivity index (χ0n) is 16.4. The van der Waals surface area contributed by atoms with Crippen molar-refractivity contribution in [2.24, 2.45) is 17.8 Å². The van der Waals surface area contributed by atoms with Crippen molar-refractivity contribution in [1.29, 1.82) is 0 Å². The molecule has 0 saturated heterocycles. The first-order chi connectivity index (χ1) is 12.6. The van der Waals surface area contributed by atoms with Gasteiger partial charge in [0.1, 0.15) is 0 Å². The molecule has 2 aliphatic rings. The highest BCUT2D eigenvalue weighted by molar-refractivity contribution is 5.78. The number of esters is 1. The maximum absolute atomic E-state index is 14.5. The van der Waals surface area contributed by atoms with Gasteiger partial charge in [0.2, 0.25) is 0 Å². The highest BCUT2D eigenvalue weighted by atomic mass is 19.1. The van der Waals surface area contributed by atoms with Crippen molar-refractivity contribution in [2.75, 3.05) is 0 Å². The van der Waals surface area contributed by atoms with Crippen molar-refractivity contribution in [1.82, 2.24) is 0 Å². The van der Waals surface area contributed by atoms with E-state index in [2.05, 4.69) is 6.92 Å². The molecule has 1 aromatic rings. The molecule has 0 spiro atoms. The molecule has 3 rings (SSSR count). The summed E-state index contributed by atoms with van der Waals surface area (Å²) in [5.74, 6) is 1.20. The summed E-state index contributed by atoms with van der Waals surface area (Å²) in [7, 11) is 0. The fourth-order valence-corrected chi connectivity index (χ4v) is 4.78. The van der Waals surface area contributed by atoms with E-state index in [-0.39, 0.29) is 23.5 Å². The van der Waals surface area contributed by atoms with Gasteiger partial charge in [-0.1, -0.05) is 70.9 Å². The lowest BCUT2D eigenvalue weighted by molar-refractivity contribution is -0.140. The average Bonchev–Trinajstić information content (AvgIpc) is 2.65. The number of fused-ring (bicyclic) bond motifs is 1. The number of carbonyl (C=O) groups excluding carboxylic acids is 1. The Kier molecular flexibility index (Phi) is 6.72. The number of rotatable bonds is 7. The molecule has 0 aromatic heterocycles. The van der Waals surface area contributed by atoms with Crippen molar-refractivity contribution in [3.8, 4) is 5.75 Å². The van der Waals surface area contributed by atoms with Crippen molar-refractivity contribution < 1.29 is 13.9 Å². The predicted molar refractivity (Wildman–Crippen MR) is 103 cm³/mol. The van der Waals surface area contributed by atoms with E-state index < -0.39 is 0 Å². The molecule has 144 valence electrons. The molecule has 0 N–H and O–H groups in total. The standard InChI is InChI=1S/C23H33FO2/c1-3-5-16-7-9-17(10-8-16)11-12-20-15-19-14-13-18(6-4-2)21(24)22(19)26-23(20)25/h13-14,16-17,20H,3-12,15H2,1-2H3. The van der Waals surface area contributed by atoms with Gasteiger partial charge in [-0.3, -0.25) is 4.79 Å². The fraction of sp³-hybridized carbons (Fsp3) is 0.696. The third kappa shape index (κ3) is 4.47. The van der Waals surface area contributed by atoms with Crippen LogP contribution in [0.4, 0.5) is 4.39 Å². The van der Waals surface area contributed by atoms with E-state index >= 15 is 0 Å². The Morgan fingerprint density at radius 3 is 2.35 bits per heavy atom. The van der Waals surface area contributed by atoms with Gasteiger partial charge in [0, 0.05) is 0 Å². The summed E-state index contributed by atoms with van der Waals surface area (Å²) in [6, 6.07) is 3.82. The van der Waals surface area contributed by atoms with Gasteiger partial charge in [-0.15, -0.1) is 0 Å². The van der Waals surface area contributed by atoms with Gasteiger partial charge >= 0.3 is 5.97 Å². The maximum atomic E-state index is 14.5. The molecule has 1 heterocycles. The minimum absolute atomic E-state index is 0.104. The monoisotopic (exact) mass is 360 g/mol. The molecule has 0 radical (unpaired) electrons. The summed E-state index contributed by atoms with van der Waals surface area (Å²) in [5.41, 5.74) is 1.51. The van der Waals surface area contributed by atoms with Crippen LogP contribution in [0.15, 0.2) is 12.1 Å². The van der Waals surface area contributed by atoms with Gasteiger partial charge in [0.25, 0.3) is 0 Å². The van der Waals surface area contributed by atoms with Crippen LogP contribution in [0.3, 0.4) is 0 Å². The maximum Gasteiger partial charge on any atom is 0.314 e. The second-order valence-corrected chi connectivity index (χ2v) is 8.35. The molecule has 1 atom stereocenters. The van der Waals surface area contributed by atoms with Crippen LogP contribution < -0.4 is 4.74 Å². The predicted octanol–water partition coefficient (Wildman–Crippen LogP) is 6.24. The normalized spacial score (nSPS) is 25.7. The molecule has 1 saturated carbocycles. The van der Waals surface area contributed by atoms with Crippen molar-refractivity contribution in [3.63, 3.8) is 0 Å². The van der Waals surface area contributed by atoms with Crippen molar-refractivity contribution >= 4 is 5.97 Å². The number of ether oxygens (including phenoxy) is 1. The topological polar surface area (TPSA) is 26.3 Å². The van der Waals surface area contributed by atoms with Crippen LogP contribution in [-0.4, -0.2) is 5.97 Å². The quantitative estimate of drug-likeness (QED) is 0.425. The average molecular weight is 361 g/mol. The summed E-state index contributed by atoms with van der Waals surface area (Å²) in [6.07, 6.45) is 12.1. The molecule has 0 bridgehead atoms. The fourth-order valence-electron chi connectivity index (χ4n) is 4.78. The molecule has 0 amide bonds. The Morgan fingerprint density at radius 1 is 1.00 bits per heavy atom. The van der Waals surface area contributed by atoms with Gasteiger partial charge < -0.3 is 4.74 Å². The van der Waals surface area contributed by atoms with E-state index in [4.69, 9.17) is 4.74 Å². The summed E-state index contributed by atoms with van der Waals surface area (Å²) >= 11 is 0. The molecule has 1 unspecified atom stereocenters. The summed E-state index contributed by atoms with van der Waals surface area (Å²) in [6.45, 7) is 4.29. The van der Waals surface area contributed by atoms with Crippen LogP contribution in [0, 0.1) is 23.6 Å². The number of carbonyl (C=O) groups is 1. The molecule has 1 fully saturated rings. The van der Waals surface area contributed by atoms with E-state index in [0.29, 0.717) is 18.4 Å². The Balaban J connectivity index is 1.55. The second kappa shape index (κ2) is 9.01. The van der Waals surface area contributed by atoms with E-state index in [0.717, 1.165) is 36.7 Å². The smallest absolute Gasteiger partial charge is 0.314 e. The molecule has 1 aromatic carbocycles. The zero-order chi connectivity index (χ0) is 18.5. The molecule has 2 nitrogen and oxygen atoms in total. The zero-order valence-corrected chi connectivity index (χ0v) is 16.4. The second-order valence-electron chi connectivity index (χ2n) is 8.35. The highest BCUT2D eigenvalue weighted by Crippen LogP contribution is 2.38. The lowest BCUT2D eigenvalue weighted by Crippen LogP contribution is -2.29. The number of hydrogen-bond acceptors (Lipinski definition) is 2. The largest absolute Gasteiger partial charge is 0.423 e. The van der Waals surface area contributed by atoms with Gasteiger partial charge in [-0.2, -0.15) is 0 Å². The lowest BCUT2D eigenvalue weighted by atomic mass is 9.77. The van der Waals surface area contributed by atoms with Crippen LogP contribution in [0.25, 0.3) is 0 Å². The molecule has 26 heavy (non-hydrogen) atoms. The van der Waals surface area contributed by atoms with Crippen molar-refractivity contribution in [2.45, 2.75) is 84.5 Å². The van der Waals surface area contributed by atoms with Gasteiger partial charge in [0.15, 0.2) is 11.6 Å². The third-order valence-corrected chi connectivity index (χ3v) is 6.37. The number of hydrogen-bond donors (Lipinski definition) is 0. The summed E-state index contributed by atoms with van der Waals surface area (Å²) in [4.78, 5) is 12.4. The Hall–Kier alpha value is -1.38. The van der Waals surface area contributed by atoms with E-state index in [1.807, 2.05) is 19.1 Å². The Labute approximate surface area is 157 Å². The minimum atomic E-state index is -0.328. The Bertz CT molecular complexity index is 617. The van der Waals surface area contributed by atoms with Crippen LogP contribution in [0.1, 0.15) is 82.8 Å². The van der Waals surface area contributed by atoms with E-state index in [1.54, 1.807) is 0 Å². The number of aryl methyl sites for hydroxylation is 1. The number of benzene rings is 1. The van der Waals surface area contributed by atoms with Crippen LogP contribution in [0.5, 0.6) is 5.75 Å². The summed E-state index contributed by atoms with van der Waals surface area (Å²) in [5, 5.41) is 0. The molecule has 1 aliphatic heterocycles. The van der Waals surface area contributed by atoms with Gasteiger partial charge in [0.05, 0.1) is 5.92 Å². The first-order valence-corrected chi connectivity index (χ1v) is 10.6. The van der Waals surface area contributed by atoms with E-state index in [9.17, 15) is 9.18 Å². The molecule has 1 aliphatic carbocycles. The van der Waals surface area contributed by atoms with Gasteiger partial charge in [-0.25, -0.2) is 4.39 Å². The first-order valence-electron chi connectivity index (χ1n) is 10.6. The van der Waals surface area contributed by atoms with Crippen LogP contribution in [-0.2, 0) is 17.6 Å². The third-order valence-electron chi connectivity index (χ3n) is 6.37. The first kappa shape index (κ1) is 19.4. The van der Waals surface area contributed by atoms with E-state index in [1.165, 1.54) is 38.5 Å². The molecular weight excluding hydrogens is 327 g/mol. The van der Waals surface area contributed by atoms with Crippen LogP contribution >= 0.6 is 0 Å². The summed E-state index contributed by atoms with van der Waals surface area (Å²) < 4.78 is 20.0. The van der Waals surface area contributed by atoms with Gasteiger partial charge in [-0.05, 0) is 48.6 Å². The molecular formula is C23H33FO2. The lowest BCUT2D eigenvalue weighted by Gasteiger charge is -2.30. The SMILES string of the molecule is CCCc1ccc2c(c1F)OC(=O)C(CCC1CCC(CCC)CC1)C2. The van der Waals surface area contributed by atoms with Crippen molar-refractivity contribution in [3.05, 3.63) is 29.1 Å². The Morgan fingerprint density at radius 2 is 1.69 bits per heavy atom. The minimum Gasteiger partial charge on any atom is -0.423 e.